The lowest BCUT2D eigenvalue weighted by atomic mass is 10.0. The second-order valence-electron chi connectivity index (χ2n) is 5.74. The van der Waals surface area contributed by atoms with Gasteiger partial charge in [-0.1, -0.05) is 24.3 Å². The van der Waals surface area contributed by atoms with E-state index in [-0.39, 0.29) is 0 Å². The summed E-state index contributed by atoms with van der Waals surface area (Å²) in [6, 6.07) is 10.6. The Kier molecular flexibility index (Phi) is 2.70. The standard InChI is InChI=1S/C16H18N4/c17-20-15-9-14(11-5-6-11)18-16(19-15)13-8-7-10-3-1-2-4-12(10)13/h1-4,9,11,13H,5-8,17H2,(H,18,19,20). The van der Waals surface area contributed by atoms with E-state index in [1.165, 1.54) is 24.0 Å². The minimum atomic E-state index is 0.317. The van der Waals surface area contributed by atoms with Gasteiger partial charge in [0.1, 0.15) is 11.6 Å². The van der Waals surface area contributed by atoms with Crippen molar-refractivity contribution in [3.63, 3.8) is 0 Å². The summed E-state index contributed by atoms with van der Waals surface area (Å²) in [6.07, 6.45) is 4.68. The average molecular weight is 266 g/mol. The van der Waals surface area contributed by atoms with Crippen LogP contribution in [-0.4, -0.2) is 9.97 Å². The smallest absolute Gasteiger partial charge is 0.143 e. The average Bonchev–Trinajstić information content (AvgIpc) is 3.26. The van der Waals surface area contributed by atoms with Crippen molar-refractivity contribution < 1.29 is 0 Å². The number of anilines is 1. The molecule has 1 atom stereocenters. The van der Waals surface area contributed by atoms with E-state index >= 15 is 0 Å². The fourth-order valence-corrected chi connectivity index (χ4v) is 3.13. The molecule has 2 aliphatic rings. The highest BCUT2D eigenvalue weighted by Gasteiger charge is 2.30. The third kappa shape index (κ3) is 1.96. The molecule has 3 N–H and O–H groups in total. The van der Waals surface area contributed by atoms with Crippen molar-refractivity contribution in [1.29, 1.82) is 0 Å². The number of benzene rings is 1. The maximum atomic E-state index is 5.56. The molecule has 1 heterocycles. The summed E-state index contributed by atoms with van der Waals surface area (Å²) in [7, 11) is 0. The minimum Gasteiger partial charge on any atom is -0.308 e. The van der Waals surface area contributed by atoms with Gasteiger partial charge >= 0.3 is 0 Å². The van der Waals surface area contributed by atoms with Crippen LogP contribution in [0.1, 0.15) is 53.7 Å². The number of hydrogen-bond acceptors (Lipinski definition) is 4. The van der Waals surface area contributed by atoms with Crippen LogP contribution in [0, 0.1) is 0 Å². The molecule has 1 aromatic heterocycles. The van der Waals surface area contributed by atoms with E-state index in [1.54, 1.807) is 0 Å². The SMILES string of the molecule is NNc1cc(C2CC2)nc(C2CCc3ccccc32)n1. The van der Waals surface area contributed by atoms with Gasteiger partial charge < -0.3 is 5.43 Å². The van der Waals surface area contributed by atoms with Gasteiger partial charge in [0.2, 0.25) is 0 Å². The van der Waals surface area contributed by atoms with E-state index in [0.717, 1.165) is 30.2 Å². The summed E-state index contributed by atoms with van der Waals surface area (Å²) in [5.74, 6) is 8.15. The molecular weight excluding hydrogens is 248 g/mol. The second kappa shape index (κ2) is 4.56. The normalized spacial score (nSPS) is 20.8. The molecule has 0 aliphatic heterocycles. The van der Waals surface area contributed by atoms with Crippen molar-refractivity contribution in [3.05, 3.63) is 53.0 Å². The minimum absolute atomic E-state index is 0.317. The number of hydrogen-bond donors (Lipinski definition) is 2. The summed E-state index contributed by atoms with van der Waals surface area (Å²) in [6.45, 7) is 0. The van der Waals surface area contributed by atoms with Crippen LogP contribution < -0.4 is 11.3 Å². The topological polar surface area (TPSA) is 63.8 Å². The van der Waals surface area contributed by atoms with Crippen LogP contribution in [0.2, 0.25) is 0 Å². The molecule has 1 unspecified atom stereocenters. The Morgan fingerprint density at radius 2 is 1.95 bits per heavy atom. The molecule has 0 saturated heterocycles. The second-order valence-corrected chi connectivity index (χ2v) is 5.74. The first-order valence-corrected chi connectivity index (χ1v) is 7.28. The van der Waals surface area contributed by atoms with Gasteiger partial charge in [-0.2, -0.15) is 0 Å². The monoisotopic (exact) mass is 266 g/mol. The number of aromatic nitrogens is 2. The van der Waals surface area contributed by atoms with Gasteiger partial charge in [-0.15, -0.1) is 0 Å². The van der Waals surface area contributed by atoms with Gasteiger partial charge in [0.15, 0.2) is 0 Å². The van der Waals surface area contributed by atoms with Gasteiger partial charge in [-0.25, -0.2) is 15.8 Å². The zero-order valence-electron chi connectivity index (χ0n) is 11.3. The van der Waals surface area contributed by atoms with Crippen LogP contribution in [0.15, 0.2) is 30.3 Å². The van der Waals surface area contributed by atoms with Crippen molar-refractivity contribution in [3.8, 4) is 0 Å². The molecule has 2 aliphatic carbocycles. The first kappa shape index (κ1) is 11.9. The highest BCUT2D eigenvalue weighted by molar-refractivity contribution is 5.42. The van der Waals surface area contributed by atoms with Crippen LogP contribution >= 0.6 is 0 Å². The van der Waals surface area contributed by atoms with Crippen molar-refractivity contribution in [1.82, 2.24) is 9.97 Å². The van der Waals surface area contributed by atoms with Crippen molar-refractivity contribution in [2.75, 3.05) is 5.43 Å². The molecule has 1 aromatic carbocycles. The zero-order chi connectivity index (χ0) is 13.5. The van der Waals surface area contributed by atoms with Crippen molar-refractivity contribution in [2.24, 2.45) is 5.84 Å². The Bertz CT molecular complexity index is 649. The lowest BCUT2D eigenvalue weighted by Gasteiger charge is -2.13. The third-order valence-electron chi connectivity index (χ3n) is 4.35. The Hall–Kier alpha value is -1.94. The maximum Gasteiger partial charge on any atom is 0.143 e. The summed E-state index contributed by atoms with van der Waals surface area (Å²) >= 11 is 0. The highest BCUT2D eigenvalue weighted by Crippen LogP contribution is 2.41. The number of nitrogen functional groups attached to an aromatic ring is 1. The predicted molar refractivity (Wildman–Crippen MR) is 78.4 cm³/mol. The molecule has 0 spiro atoms. The molecular formula is C16H18N4. The number of hydrazine groups is 1. The third-order valence-corrected chi connectivity index (χ3v) is 4.35. The Balaban J connectivity index is 1.77. The maximum absolute atomic E-state index is 5.56. The highest BCUT2D eigenvalue weighted by atomic mass is 15.3. The van der Waals surface area contributed by atoms with Crippen LogP contribution in [-0.2, 0) is 6.42 Å². The molecule has 102 valence electrons. The summed E-state index contributed by atoms with van der Waals surface area (Å²) < 4.78 is 0. The lowest BCUT2D eigenvalue weighted by molar-refractivity contribution is 0.719. The number of nitrogens with two attached hydrogens (primary N) is 1. The molecule has 0 bridgehead atoms. The molecule has 4 nitrogen and oxygen atoms in total. The van der Waals surface area contributed by atoms with Gasteiger partial charge in [-0.3, -0.25) is 0 Å². The van der Waals surface area contributed by atoms with Crippen LogP contribution in [0.4, 0.5) is 5.82 Å². The van der Waals surface area contributed by atoms with Gasteiger partial charge in [-0.05, 0) is 36.8 Å². The van der Waals surface area contributed by atoms with Gasteiger partial charge in [0.05, 0.1) is 0 Å². The number of rotatable bonds is 3. The molecule has 20 heavy (non-hydrogen) atoms. The fraction of sp³-hybridized carbons (Fsp3) is 0.375. The molecule has 4 heteroatoms. The predicted octanol–water partition coefficient (Wildman–Crippen LogP) is 2.72. The lowest BCUT2D eigenvalue weighted by Crippen LogP contribution is -2.13. The molecule has 1 fully saturated rings. The number of nitrogens with one attached hydrogen (secondary N) is 1. The van der Waals surface area contributed by atoms with Gasteiger partial charge in [0.25, 0.3) is 0 Å². The number of aryl methyl sites for hydroxylation is 1. The largest absolute Gasteiger partial charge is 0.308 e. The summed E-state index contributed by atoms with van der Waals surface area (Å²) in [5, 5.41) is 0. The van der Waals surface area contributed by atoms with Crippen LogP contribution in [0.25, 0.3) is 0 Å². The van der Waals surface area contributed by atoms with Crippen LogP contribution in [0.5, 0.6) is 0 Å². The quantitative estimate of drug-likeness (QED) is 0.662. The van der Waals surface area contributed by atoms with E-state index in [4.69, 9.17) is 10.8 Å². The molecule has 4 rings (SSSR count). The molecule has 2 aromatic rings. The number of fused-ring (bicyclic) bond motifs is 1. The first-order chi connectivity index (χ1) is 9.85. The summed E-state index contributed by atoms with van der Waals surface area (Å²) in [4.78, 5) is 9.41. The summed E-state index contributed by atoms with van der Waals surface area (Å²) in [5.41, 5.74) is 6.64. The van der Waals surface area contributed by atoms with E-state index in [9.17, 15) is 0 Å². The Morgan fingerprint density at radius 3 is 2.75 bits per heavy atom. The number of nitrogens with zero attached hydrogens (tertiary/aromatic N) is 2. The van der Waals surface area contributed by atoms with E-state index in [1.807, 2.05) is 6.07 Å². The molecule has 1 saturated carbocycles. The van der Waals surface area contributed by atoms with Crippen molar-refractivity contribution in [2.45, 2.75) is 37.5 Å². The first-order valence-electron chi connectivity index (χ1n) is 7.28. The van der Waals surface area contributed by atoms with Gasteiger partial charge in [0, 0.05) is 23.6 Å². The van der Waals surface area contributed by atoms with Crippen molar-refractivity contribution >= 4 is 5.82 Å². The van der Waals surface area contributed by atoms with E-state index in [0.29, 0.717) is 11.8 Å². The zero-order valence-corrected chi connectivity index (χ0v) is 11.3. The Morgan fingerprint density at radius 1 is 1.10 bits per heavy atom. The van der Waals surface area contributed by atoms with Crippen LogP contribution in [0.3, 0.4) is 0 Å². The molecule has 0 radical (unpaired) electrons. The molecule has 0 amide bonds. The van der Waals surface area contributed by atoms with E-state index in [2.05, 4.69) is 34.7 Å². The Labute approximate surface area is 118 Å². The fourth-order valence-electron chi connectivity index (χ4n) is 3.13. The van der Waals surface area contributed by atoms with E-state index < -0.39 is 0 Å².